The number of hydrogen-bond donors (Lipinski definition) is 1. The molecule has 30 heavy (non-hydrogen) atoms. The highest BCUT2D eigenvalue weighted by molar-refractivity contribution is 7.91. The molecular formula is C23H30N4O2S. The zero-order valence-electron chi connectivity index (χ0n) is 17.4. The van der Waals surface area contributed by atoms with Crippen LogP contribution in [-0.4, -0.2) is 76.2 Å². The van der Waals surface area contributed by atoms with E-state index in [9.17, 15) is 8.42 Å². The van der Waals surface area contributed by atoms with Crippen LogP contribution in [0.1, 0.15) is 5.56 Å². The average molecular weight is 427 g/mol. The van der Waals surface area contributed by atoms with E-state index in [0.29, 0.717) is 11.4 Å². The minimum Gasteiger partial charge on any atom is -0.355 e. The number of rotatable bonds is 7. The second-order valence-electron chi connectivity index (χ2n) is 7.21. The van der Waals surface area contributed by atoms with E-state index < -0.39 is 9.84 Å². The third-order valence-corrected chi connectivity index (χ3v) is 6.85. The van der Waals surface area contributed by atoms with Crippen LogP contribution in [0.4, 0.5) is 0 Å². The highest BCUT2D eigenvalue weighted by atomic mass is 32.2. The predicted molar refractivity (Wildman–Crippen MR) is 123 cm³/mol. The molecule has 0 aliphatic carbocycles. The largest absolute Gasteiger partial charge is 0.355 e. The summed E-state index contributed by atoms with van der Waals surface area (Å²) in [5.41, 5.74) is 1.21. The van der Waals surface area contributed by atoms with Gasteiger partial charge in [-0.25, -0.2) is 8.42 Å². The van der Waals surface area contributed by atoms with Crippen LogP contribution in [0.15, 0.2) is 76.6 Å². The monoisotopic (exact) mass is 426 g/mol. The molecule has 0 aromatic heterocycles. The molecule has 1 N–H and O–H groups in total. The van der Waals surface area contributed by atoms with Gasteiger partial charge in [0.2, 0.25) is 0 Å². The van der Waals surface area contributed by atoms with Crippen molar-refractivity contribution in [2.45, 2.75) is 4.90 Å². The fraction of sp³-hybridized carbons (Fsp3) is 0.348. The molecule has 0 spiro atoms. The topological polar surface area (TPSA) is 65.0 Å². The van der Waals surface area contributed by atoms with Gasteiger partial charge in [-0.15, -0.1) is 0 Å². The zero-order valence-corrected chi connectivity index (χ0v) is 18.3. The fourth-order valence-corrected chi connectivity index (χ4v) is 4.60. The first-order valence-electron chi connectivity index (χ1n) is 10.3. The van der Waals surface area contributed by atoms with Crippen LogP contribution in [0.25, 0.3) is 6.08 Å². The number of nitrogens with zero attached hydrogens (tertiary/aromatic N) is 3. The summed E-state index contributed by atoms with van der Waals surface area (Å²) in [6.07, 6.45) is 4.35. The minimum absolute atomic E-state index is 0.0419. The number of piperazine rings is 1. The van der Waals surface area contributed by atoms with Crippen molar-refractivity contribution < 1.29 is 8.42 Å². The maximum atomic E-state index is 12.4. The smallest absolute Gasteiger partial charge is 0.193 e. The van der Waals surface area contributed by atoms with Gasteiger partial charge in [0.1, 0.15) is 0 Å². The van der Waals surface area contributed by atoms with Gasteiger partial charge >= 0.3 is 0 Å². The van der Waals surface area contributed by atoms with Crippen LogP contribution >= 0.6 is 0 Å². The molecule has 1 aliphatic heterocycles. The van der Waals surface area contributed by atoms with E-state index in [4.69, 9.17) is 0 Å². The van der Waals surface area contributed by atoms with Gasteiger partial charge in [0.05, 0.1) is 10.6 Å². The van der Waals surface area contributed by atoms with Crippen LogP contribution in [0.3, 0.4) is 0 Å². The Balaban J connectivity index is 1.42. The third-order valence-electron chi connectivity index (χ3n) is 5.11. The molecule has 3 rings (SSSR count). The standard InChI is InChI=1S/C23H30N4O2S/c1-24-23(25-14-20-30(28,29)22-12-6-3-7-13-22)27-18-16-26(17-19-27)15-8-11-21-9-4-2-5-10-21/h2-13H,14-20H2,1H3,(H,24,25)/b11-8+. The van der Waals surface area contributed by atoms with E-state index in [-0.39, 0.29) is 5.75 Å². The van der Waals surface area contributed by atoms with E-state index in [1.807, 2.05) is 24.3 Å². The Hall–Kier alpha value is -2.64. The number of aliphatic imine (C=N–C) groups is 1. The molecule has 2 aromatic carbocycles. The van der Waals surface area contributed by atoms with E-state index in [1.165, 1.54) is 5.56 Å². The summed E-state index contributed by atoms with van der Waals surface area (Å²) in [4.78, 5) is 9.29. The van der Waals surface area contributed by atoms with Crippen molar-refractivity contribution >= 4 is 21.9 Å². The molecule has 160 valence electrons. The first kappa shape index (κ1) is 22.1. The van der Waals surface area contributed by atoms with Crippen molar-refractivity contribution in [2.75, 3.05) is 52.1 Å². The molecule has 1 fully saturated rings. The number of nitrogens with one attached hydrogen (secondary N) is 1. The summed E-state index contributed by atoms with van der Waals surface area (Å²) in [7, 11) is -1.55. The molecule has 1 aliphatic rings. The SMILES string of the molecule is CN=C(NCCS(=O)(=O)c1ccccc1)N1CCN(C/C=C/c2ccccc2)CC1. The highest BCUT2D eigenvalue weighted by Gasteiger charge is 2.19. The Morgan fingerprint density at radius 2 is 1.63 bits per heavy atom. The molecular weight excluding hydrogens is 396 g/mol. The Kier molecular flexibility index (Phi) is 8.04. The molecule has 0 amide bonds. The van der Waals surface area contributed by atoms with Crippen molar-refractivity contribution in [1.29, 1.82) is 0 Å². The van der Waals surface area contributed by atoms with Gasteiger partial charge in [-0.1, -0.05) is 60.7 Å². The van der Waals surface area contributed by atoms with Gasteiger partial charge in [-0.05, 0) is 17.7 Å². The number of hydrogen-bond acceptors (Lipinski definition) is 4. The molecule has 1 saturated heterocycles. The minimum atomic E-state index is -3.29. The molecule has 0 atom stereocenters. The summed E-state index contributed by atoms with van der Waals surface area (Å²) in [6.45, 7) is 4.88. The van der Waals surface area contributed by atoms with Crippen LogP contribution in [0, 0.1) is 0 Å². The molecule has 0 radical (unpaired) electrons. The van der Waals surface area contributed by atoms with Crippen molar-refractivity contribution in [3.8, 4) is 0 Å². The highest BCUT2D eigenvalue weighted by Crippen LogP contribution is 2.09. The van der Waals surface area contributed by atoms with E-state index in [1.54, 1.807) is 31.3 Å². The quantitative estimate of drug-likeness (QED) is 0.544. The summed E-state index contributed by atoms with van der Waals surface area (Å²) in [5.74, 6) is 0.804. The average Bonchev–Trinajstić information content (AvgIpc) is 2.79. The lowest BCUT2D eigenvalue weighted by atomic mass is 10.2. The number of sulfone groups is 1. The molecule has 2 aromatic rings. The lowest BCUT2D eigenvalue weighted by molar-refractivity contribution is 0.194. The maximum absolute atomic E-state index is 12.4. The molecule has 1 heterocycles. The van der Waals surface area contributed by atoms with E-state index >= 15 is 0 Å². The normalized spacial score (nSPS) is 16.2. The fourth-order valence-electron chi connectivity index (χ4n) is 3.42. The van der Waals surface area contributed by atoms with Gasteiger partial charge in [0, 0.05) is 46.3 Å². The number of benzene rings is 2. The third kappa shape index (κ3) is 6.43. The zero-order chi connectivity index (χ0) is 21.2. The lowest BCUT2D eigenvalue weighted by Crippen LogP contribution is -2.52. The van der Waals surface area contributed by atoms with Gasteiger partial charge < -0.3 is 10.2 Å². The van der Waals surface area contributed by atoms with Crippen molar-refractivity contribution in [3.05, 3.63) is 72.3 Å². The predicted octanol–water partition coefficient (Wildman–Crippen LogP) is 2.37. The van der Waals surface area contributed by atoms with Gasteiger partial charge in [0.25, 0.3) is 0 Å². The molecule has 0 unspecified atom stereocenters. The van der Waals surface area contributed by atoms with E-state index in [0.717, 1.165) is 38.7 Å². The lowest BCUT2D eigenvalue weighted by Gasteiger charge is -2.36. The Labute approximate surface area is 179 Å². The van der Waals surface area contributed by atoms with Crippen LogP contribution in [-0.2, 0) is 9.84 Å². The summed E-state index contributed by atoms with van der Waals surface area (Å²) in [5, 5.41) is 3.21. The molecule has 0 bridgehead atoms. The van der Waals surface area contributed by atoms with E-state index in [2.05, 4.69) is 44.4 Å². The van der Waals surface area contributed by atoms with Gasteiger partial charge in [-0.3, -0.25) is 9.89 Å². The van der Waals surface area contributed by atoms with Gasteiger partial charge in [-0.2, -0.15) is 0 Å². The Morgan fingerprint density at radius 3 is 2.27 bits per heavy atom. The second-order valence-corrected chi connectivity index (χ2v) is 9.32. The van der Waals surface area contributed by atoms with Crippen LogP contribution in [0.2, 0.25) is 0 Å². The number of guanidine groups is 1. The molecule has 0 saturated carbocycles. The second kappa shape index (κ2) is 10.9. The summed E-state index contributed by atoms with van der Waals surface area (Å²) < 4.78 is 24.8. The van der Waals surface area contributed by atoms with Crippen LogP contribution in [0.5, 0.6) is 0 Å². The Bertz CT molecular complexity index is 936. The Morgan fingerprint density at radius 1 is 1.00 bits per heavy atom. The summed E-state index contributed by atoms with van der Waals surface area (Å²) >= 11 is 0. The first-order valence-corrected chi connectivity index (χ1v) is 11.9. The van der Waals surface area contributed by atoms with Crippen molar-refractivity contribution in [2.24, 2.45) is 4.99 Å². The maximum Gasteiger partial charge on any atom is 0.193 e. The molecule has 6 nitrogen and oxygen atoms in total. The van der Waals surface area contributed by atoms with Crippen LogP contribution < -0.4 is 5.32 Å². The molecule has 7 heteroatoms. The first-order chi connectivity index (χ1) is 14.6. The van der Waals surface area contributed by atoms with Crippen molar-refractivity contribution in [1.82, 2.24) is 15.1 Å². The summed E-state index contributed by atoms with van der Waals surface area (Å²) in [6, 6.07) is 18.9. The van der Waals surface area contributed by atoms with Crippen molar-refractivity contribution in [3.63, 3.8) is 0 Å². The van der Waals surface area contributed by atoms with Gasteiger partial charge in [0.15, 0.2) is 15.8 Å².